The van der Waals surface area contributed by atoms with Crippen LogP contribution in [0.15, 0.2) is 0 Å². The van der Waals surface area contributed by atoms with Gasteiger partial charge >= 0.3 is 0 Å². The summed E-state index contributed by atoms with van der Waals surface area (Å²) in [4.78, 5) is 0. The predicted molar refractivity (Wildman–Crippen MR) is 64.4 cm³/mol. The molecule has 0 radical (unpaired) electrons. The average Bonchev–Trinajstić information content (AvgIpc) is 2.15. The summed E-state index contributed by atoms with van der Waals surface area (Å²) < 4.78 is 0. The second kappa shape index (κ2) is 9.47. The van der Waals surface area contributed by atoms with E-state index in [2.05, 4.69) is 26.1 Å². The van der Waals surface area contributed by atoms with Crippen LogP contribution in [0.25, 0.3) is 0 Å². The van der Waals surface area contributed by atoms with Gasteiger partial charge in [-0.15, -0.1) is 0 Å². The van der Waals surface area contributed by atoms with E-state index in [0.29, 0.717) is 5.92 Å². The minimum Gasteiger partial charge on any atom is -0.330 e. The lowest BCUT2D eigenvalue weighted by atomic mass is 10.1. The van der Waals surface area contributed by atoms with Crippen molar-refractivity contribution in [3.8, 4) is 0 Å². The Labute approximate surface area is 89.6 Å². The van der Waals surface area contributed by atoms with Crippen molar-refractivity contribution in [2.75, 3.05) is 19.6 Å². The van der Waals surface area contributed by atoms with Crippen molar-refractivity contribution < 1.29 is 0 Å². The van der Waals surface area contributed by atoms with Crippen LogP contribution >= 0.6 is 0 Å². The third-order valence-electron chi connectivity index (χ3n) is 2.59. The highest BCUT2D eigenvalue weighted by Crippen LogP contribution is 2.03. The summed E-state index contributed by atoms with van der Waals surface area (Å²) in [7, 11) is 0. The molecule has 0 aliphatic heterocycles. The molecule has 0 aromatic carbocycles. The fourth-order valence-corrected chi connectivity index (χ4v) is 1.45. The predicted octanol–water partition coefficient (Wildman–Crippen LogP) is 2.39. The largest absolute Gasteiger partial charge is 0.330 e. The molecule has 0 rings (SSSR count). The fourth-order valence-electron chi connectivity index (χ4n) is 1.45. The highest BCUT2D eigenvalue weighted by Gasteiger charge is 1.98. The third-order valence-corrected chi connectivity index (χ3v) is 2.59. The van der Waals surface area contributed by atoms with Crippen LogP contribution in [0.3, 0.4) is 0 Å². The maximum Gasteiger partial charge on any atom is -0.00488 e. The van der Waals surface area contributed by atoms with Crippen LogP contribution in [0, 0.1) is 11.8 Å². The van der Waals surface area contributed by atoms with Crippen molar-refractivity contribution in [2.45, 2.75) is 46.5 Å². The summed E-state index contributed by atoms with van der Waals surface area (Å²) in [6.07, 6.45) is 5.17. The van der Waals surface area contributed by atoms with Crippen LogP contribution in [0.4, 0.5) is 0 Å². The molecule has 0 bridgehead atoms. The standard InChI is InChI=1S/C12H28N2/c1-11(2)6-4-8-14-9-5-7-12(3)10-13/h11-12,14H,4-10,13H2,1-3H3. The zero-order valence-corrected chi connectivity index (χ0v) is 10.2. The second-order valence-corrected chi connectivity index (χ2v) is 4.77. The van der Waals surface area contributed by atoms with E-state index in [1.54, 1.807) is 0 Å². The topological polar surface area (TPSA) is 38.0 Å². The van der Waals surface area contributed by atoms with Gasteiger partial charge in [0.15, 0.2) is 0 Å². The molecule has 0 saturated heterocycles. The molecule has 1 unspecified atom stereocenters. The van der Waals surface area contributed by atoms with E-state index in [0.717, 1.165) is 19.0 Å². The van der Waals surface area contributed by atoms with Crippen LogP contribution < -0.4 is 11.1 Å². The Morgan fingerprint density at radius 1 is 1.00 bits per heavy atom. The number of hydrogen-bond donors (Lipinski definition) is 2. The molecule has 0 aromatic heterocycles. The fraction of sp³-hybridized carbons (Fsp3) is 1.00. The highest BCUT2D eigenvalue weighted by atomic mass is 14.8. The van der Waals surface area contributed by atoms with Crippen LogP contribution in [-0.4, -0.2) is 19.6 Å². The van der Waals surface area contributed by atoms with Gasteiger partial charge in [0, 0.05) is 0 Å². The first kappa shape index (κ1) is 13.9. The van der Waals surface area contributed by atoms with Crippen molar-refractivity contribution >= 4 is 0 Å². The number of nitrogens with one attached hydrogen (secondary N) is 1. The monoisotopic (exact) mass is 200 g/mol. The molecular weight excluding hydrogens is 172 g/mol. The molecule has 3 N–H and O–H groups in total. The molecule has 0 aromatic rings. The lowest BCUT2D eigenvalue weighted by Crippen LogP contribution is -2.19. The van der Waals surface area contributed by atoms with E-state index < -0.39 is 0 Å². The van der Waals surface area contributed by atoms with Crippen molar-refractivity contribution in [2.24, 2.45) is 17.6 Å². The molecule has 0 spiro atoms. The van der Waals surface area contributed by atoms with Gasteiger partial charge < -0.3 is 11.1 Å². The molecule has 0 aliphatic rings. The third kappa shape index (κ3) is 10.0. The Morgan fingerprint density at radius 3 is 2.07 bits per heavy atom. The molecule has 14 heavy (non-hydrogen) atoms. The summed E-state index contributed by atoms with van der Waals surface area (Å²) in [6.45, 7) is 9.94. The van der Waals surface area contributed by atoms with Crippen molar-refractivity contribution in [1.82, 2.24) is 5.32 Å². The van der Waals surface area contributed by atoms with Gasteiger partial charge in [-0.1, -0.05) is 20.8 Å². The molecule has 0 heterocycles. The van der Waals surface area contributed by atoms with Crippen LogP contribution in [-0.2, 0) is 0 Å². The van der Waals surface area contributed by atoms with Gasteiger partial charge in [-0.05, 0) is 57.2 Å². The minimum atomic E-state index is 0.687. The second-order valence-electron chi connectivity index (χ2n) is 4.77. The summed E-state index contributed by atoms with van der Waals surface area (Å²) in [5.74, 6) is 1.53. The first-order chi connectivity index (χ1) is 6.66. The van der Waals surface area contributed by atoms with E-state index in [1.165, 1.54) is 32.2 Å². The summed E-state index contributed by atoms with van der Waals surface area (Å²) in [5.41, 5.74) is 5.55. The van der Waals surface area contributed by atoms with E-state index in [1.807, 2.05) is 0 Å². The summed E-state index contributed by atoms with van der Waals surface area (Å²) >= 11 is 0. The molecule has 1 atom stereocenters. The number of hydrogen-bond acceptors (Lipinski definition) is 2. The van der Waals surface area contributed by atoms with Gasteiger partial charge in [0.05, 0.1) is 0 Å². The molecule has 0 fully saturated rings. The van der Waals surface area contributed by atoms with E-state index in [9.17, 15) is 0 Å². The minimum absolute atomic E-state index is 0.687. The van der Waals surface area contributed by atoms with Gasteiger partial charge in [-0.25, -0.2) is 0 Å². The number of nitrogens with two attached hydrogens (primary N) is 1. The molecular formula is C12H28N2. The smallest absolute Gasteiger partial charge is 0.00488 e. The Morgan fingerprint density at radius 2 is 1.57 bits per heavy atom. The summed E-state index contributed by atoms with van der Waals surface area (Å²) in [5, 5.41) is 3.48. The normalized spacial score (nSPS) is 13.5. The first-order valence-electron chi connectivity index (χ1n) is 6.07. The lowest BCUT2D eigenvalue weighted by Gasteiger charge is -2.09. The van der Waals surface area contributed by atoms with Crippen molar-refractivity contribution in [3.05, 3.63) is 0 Å². The van der Waals surface area contributed by atoms with Crippen molar-refractivity contribution in [3.63, 3.8) is 0 Å². The maximum atomic E-state index is 5.55. The Hall–Kier alpha value is -0.0800. The van der Waals surface area contributed by atoms with Gasteiger partial charge in [-0.3, -0.25) is 0 Å². The molecule has 0 amide bonds. The lowest BCUT2D eigenvalue weighted by molar-refractivity contribution is 0.485. The van der Waals surface area contributed by atoms with Crippen LogP contribution in [0.1, 0.15) is 46.5 Å². The quantitative estimate of drug-likeness (QED) is 0.561. The van der Waals surface area contributed by atoms with E-state index in [-0.39, 0.29) is 0 Å². The van der Waals surface area contributed by atoms with Gasteiger partial charge in [-0.2, -0.15) is 0 Å². The molecule has 0 saturated carbocycles. The summed E-state index contributed by atoms with van der Waals surface area (Å²) in [6, 6.07) is 0. The van der Waals surface area contributed by atoms with E-state index in [4.69, 9.17) is 5.73 Å². The van der Waals surface area contributed by atoms with Crippen molar-refractivity contribution in [1.29, 1.82) is 0 Å². The SMILES string of the molecule is CC(C)CCCNCCCC(C)CN. The van der Waals surface area contributed by atoms with Crippen LogP contribution in [0.5, 0.6) is 0 Å². The molecule has 86 valence electrons. The Kier molecular flexibility index (Phi) is 9.42. The maximum absolute atomic E-state index is 5.55. The van der Waals surface area contributed by atoms with Crippen LogP contribution in [0.2, 0.25) is 0 Å². The molecule has 2 nitrogen and oxygen atoms in total. The Balaban J connectivity index is 2.99. The molecule has 2 heteroatoms. The van der Waals surface area contributed by atoms with E-state index >= 15 is 0 Å². The van der Waals surface area contributed by atoms with Gasteiger partial charge in [0.1, 0.15) is 0 Å². The first-order valence-corrected chi connectivity index (χ1v) is 6.07. The average molecular weight is 200 g/mol. The Bertz CT molecular complexity index is 113. The highest BCUT2D eigenvalue weighted by molar-refractivity contribution is 4.56. The zero-order valence-electron chi connectivity index (χ0n) is 10.2. The number of rotatable bonds is 9. The molecule has 0 aliphatic carbocycles. The van der Waals surface area contributed by atoms with Gasteiger partial charge in [0.25, 0.3) is 0 Å². The zero-order chi connectivity index (χ0) is 10.8. The van der Waals surface area contributed by atoms with Gasteiger partial charge in [0.2, 0.25) is 0 Å².